The Labute approximate surface area is 215 Å². The van der Waals surface area contributed by atoms with Crippen molar-refractivity contribution in [2.75, 3.05) is 36.4 Å². The summed E-state index contributed by atoms with van der Waals surface area (Å²) in [4.78, 5) is 30.3. The van der Waals surface area contributed by atoms with Crippen LogP contribution in [0.3, 0.4) is 0 Å². The van der Waals surface area contributed by atoms with E-state index in [1.165, 1.54) is 12.1 Å². The largest absolute Gasteiger partial charge is 0.368 e. The molecule has 4 aromatic rings. The maximum atomic E-state index is 13.9. The molecule has 2 aliphatic rings. The number of anilines is 2. The lowest BCUT2D eigenvalue weighted by Gasteiger charge is -2.37. The third kappa shape index (κ3) is 4.25. The van der Waals surface area contributed by atoms with Gasteiger partial charge in [0, 0.05) is 37.6 Å². The number of nitrogens with one attached hydrogen (secondary N) is 1. The monoisotopic (exact) mass is 491 g/mol. The maximum Gasteiger partial charge on any atom is 0.258 e. The van der Waals surface area contributed by atoms with Crippen LogP contribution in [0.4, 0.5) is 15.8 Å². The Morgan fingerprint density at radius 1 is 0.703 bits per heavy atom. The Hall–Kier alpha value is -4.45. The van der Waals surface area contributed by atoms with E-state index < -0.39 is 11.7 Å². The van der Waals surface area contributed by atoms with Gasteiger partial charge >= 0.3 is 0 Å². The summed E-state index contributed by atoms with van der Waals surface area (Å²) < 4.78 is 13.9. The molecule has 0 radical (unpaired) electrons. The molecular weight excluding hydrogens is 465 g/mol. The summed E-state index contributed by atoms with van der Waals surface area (Å²) >= 11 is 0. The second-order valence-electron chi connectivity index (χ2n) is 9.40. The van der Waals surface area contributed by atoms with Gasteiger partial charge in [-0.3, -0.25) is 9.59 Å². The van der Waals surface area contributed by atoms with E-state index in [2.05, 4.69) is 34.5 Å². The first-order chi connectivity index (χ1) is 18.1. The second kappa shape index (κ2) is 9.54. The van der Waals surface area contributed by atoms with Crippen molar-refractivity contribution < 1.29 is 14.0 Å². The van der Waals surface area contributed by atoms with Gasteiger partial charge < -0.3 is 15.1 Å². The predicted molar refractivity (Wildman–Crippen MR) is 143 cm³/mol. The fourth-order valence-electron chi connectivity index (χ4n) is 5.39. The number of benzene rings is 4. The summed E-state index contributed by atoms with van der Waals surface area (Å²) in [5.41, 5.74) is 6.11. The minimum Gasteiger partial charge on any atom is -0.368 e. The van der Waals surface area contributed by atoms with Crippen molar-refractivity contribution in [3.63, 3.8) is 0 Å². The number of hydrogen-bond acceptors (Lipinski definition) is 3. The van der Waals surface area contributed by atoms with Crippen LogP contribution in [0.25, 0.3) is 11.1 Å². The Morgan fingerprint density at radius 2 is 1.27 bits per heavy atom. The second-order valence-corrected chi connectivity index (χ2v) is 9.40. The van der Waals surface area contributed by atoms with Gasteiger partial charge in [-0.05, 0) is 58.7 Å². The molecule has 1 saturated heterocycles. The van der Waals surface area contributed by atoms with E-state index in [9.17, 15) is 14.0 Å². The number of carbonyl (C=O) groups is 2. The number of fused-ring (bicyclic) bond motifs is 3. The highest BCUT2D eigenvalue weighted by atomic mass is 19.1. The van der Waals surface area contributed by atoms with Crippen LogP contribution in [0.1, 0.15) is 27.4 Å². The first kappa shape index (κ1) is 23.0. The Kier molecular flexibility index (Phi) is 5.93. The zero-order chi connectivity index (χ0) is 25.4. The van der Waals surface area contributed by atoms with Gasteiger partial charge in [0.2, 0.25) is 5.91 Å². The van der Waals surface area contributed by atoms with E-state index in [1.54, 1.807) is 12.1 Å². The van der Waals surface area contributed by atoms with Crippen LogP contribution in [0.15, 0.2) is 97.1 Å². The summed E-state index contributed by atoms with van der Waals surface area (Å²) in [6, 6.07) is 29.8. The van der Waals surface area contributed by atoms with Crippen LogP contribution >= 0.6 is 0 Å². The SMILES string of the molecule is O=C(Nc1ccc(N2CCN(C(=O)C3c4ccccc4-c4ccccc43)CC2)cc1)c1ccccc1F. The molecule has 0 spiro atoms. The number of nitrogens with zero attached hydrogens (tertiary/aromatic N) is 2. The lowest BCUT2D eigenvalue weighted by atomic mass is 9.95. The number of rotatable bonds is 4. The molecule has 0 bridgehead atoms. The molecule has 4 aromatic carbocycles. The van der Waals surface area contributed by atoms with Gasteiger partial charge in [-0.15, -0.1) is 0 Å². The minimum absolute atomic E-state index is 0.0138. The molecule has 184 valence electrons. The van der Waals surface area contributed by atoms with E-state index in [0.29, 0.717) is 18.8 Å². The first-order valence-corrected chi connectivity index (χ1v) is 12.5. The summed E-state index contributed by atoms with van der Waals surface area (Å²) in [6.45, 7) is 2.74. The van der Waals surface area contributed by atoms with E-state index in [0.717, 1.165) is 41.0 Å². The highest BCUT2D eigenvalue weighted by molar-refractivity contribution is 6.04. The molecule has 0 aromatic heterocycles. The van der Waals surface area contributed by atoms with Gasteiger partial charge in [0.1, 0.15) is 5.82 Å². The molecule has 5 nitrogen and oxygen atoms in total. The Balaban J connectivity index is 1.11. The van der Waals surface area contributed by atoms with Gasteiger partial charge in [-0.1, -0.05) is 60.7 Å². The third-order valence-corrected chi connectivity index (χ3v) is 7.28. The van der Waals surface area contributed by atoms with Crippen molar-refractivity contribution in [2.45, 2.75) is 5.92 Å². The lowest BCUT2D eigenvalue weighted by Crippen LogP contribution is -2.50. The number of amides is 2. The molecule has 0 unspecified atom stereocenters. The van der Waals surface area contributed by atoms with Gasteiger partial charge in [0.15, 0.2) is 0 Å². The van der Waals surface area contributed by atoms with Gasteiger partial charge in [-0.25, -0.2) is 4.39 Å². The van der Waals surface area contributed by atoms with Gasteiger partial charge in [0.25, 0.3) is 5.91 Å². The predicted octanol–water partition coefficient (Wildman–Crippen LogP) is 5.54. The van der Waals surface area contributed by atoms with Crippen molar-refractivity contribution in [1.29, 1.82) is 0 Å². The zero-order valence-corrected chi connectivity index (χ0v) is 20.2. The highest BCUT2D eigenvalue weighted by Crippen LogP contribution is 2.45. The zero-order valence-electron chi connectivity index (χ0n) is 20.2. The lowest BCUT2D eigenvalue weighted by molar-refractivity contribution is -0.132. The standard InChI is InChI=1S/C31H26FN3O2/c32-28-12-6-5-11-27(28)30(36)33-21-13-15-22(16-14-21)34-17-19-35(20-18-34)31(37)29-25-9-3-1-7-23(25)24-8-2-4-10-26(24)29/h1-16,29H,17-20H2,(H,33,36). The minimum atomic E-state index is -0.548. The van der Waals surface area contributed by atoms with Crippen molar-refractivity contribution in [3.8, 4) is 11.1 Å². The summed E-state index contributed by atoms with van der Waals surface area (Å²) in [5.74, 6) is -1.12. The molecule has 6 heteroatoms. The number of halogens is 1. The average Bonchev–Trinajstić information content (AvgIpc) is 3.28. The van der Waals surface area contributed by atoms with E-state index in [1.807, 2.05) is 53.4 Å². The fraction of sp³-hybridized carbons (Fsp3) is 0.161. The molecule has 1 aliphatic carbocycles. The van der Waals surface area contributed by atoms with E-state index in [-0.39, 0.29) is 17.4 Å². The number of piperazine rings is 1. The fourth-order valence-corrected chi connectivity index (χ4v) is 5.39. The summed E-state index contributed by atoms with van der Waals surface area (Å²) in [7, 11) is 0. The molecule has 2 amide bonds. The van der Waals surface area contributed by atoms with Crippen LogP contribution in [0.2, 0.25) is 0 Å². The molecular formula is C31H26FN3O2. The van der Waals surface area contributed by atoms with Crippen LogP contribution in [0, 0.1) is 5.82 Å². The maximum absolute atomic E-state index is 13.9. The van der Waals surface area contributed by atoms with E-state index in [4.69, 9.17) is 0 Å². The molecule has 0 atom stereocenters. The van der Waals surface area contributed by atoms with Crippen LogP contribution in [-0.2, 0) is 4.79 Å². The summed E-state index contributed by atoms with van der Waals surface area (Å²) in [6.07, 6.45) is 0. The van der Waals surface area contributed by atoms with E-state index >= 15 is 0 Å². The van der Waals surface area contributed by atoms with Gasteiger partial charge in [0.05, 0.1) is 11.5 Å². The van der Waals surface area contributed by atoms with Crippen LogP contribution in [-0.4, -0.2) is 42.9 Å². The smallest absolute Gasteiger partial charge is 0.258 e. The van der Waals surface area contributed by atoms with Crippen molar-refractivity contribution in [2.24, 2.45) is 0 Å². The van der Waals surface area contributed by atoms with Crippen molar-refractivity contribution in [3.05, 3.63) is 120 Å². The Morgan fingerprint density at radius 3 is 1.89 bits per heavy atom. The van der Waals surface area contributed by atoms with Crippen LogP contribution in [0.5, 0.6) is 0 Å². The Bertz CT molecular complexity index is 1430. The van der Waals surface area contributed by atoms with Crippen LogP contribution < -0.4 is 10.2 Å². The molecule has 6 rings (SSSR count). The molecule has 0 saturated carbocycles. The topological polar surface area (TPSA) is 52.7 Å². The normalized spacial score (nSPS) is 14.7. The molecule has 1 heterocycles. The number of hydrogen-bond donors (Lipinski definition) is 1. The molecule has 1 aliphatic heterocycles. The van der Waals surface area contributed by atoms with Crippen molar-refractivity contribution >= 4 is 23.2 Å². The quantitative estimate of drug-likeness (QED) is 0.408. The highest BCUT2D eigenvalue weighted by Gasteiger charge is 2.36. The molecule has 1 fully saturated rings. The summed E-state index contributed by atoms with van der Waals surface area (Å²) in [5, 5.41) is 2.75. The third-order valence-electron chi connectivity index (χ3n) is 7.28. The van der Waals surface area contributed by atoms with Gasteiger partial charge in [-0.2, -0.15) is 0 Å². The molecule has 1 N–H and O–H groups in total. The van der Waals surface area contributed by atoms with Crippen molar-refractivity contribution in [1.82, 2.24) is 4.90 Å². The number of carbonyl (C=O) groups excluding carboxylic acids is 2. The first-order valence-electron chi connectivity index (χ1n) is 12.5. The average molecular weight is 492 g/mol. The molecule has 37 heavy (non-hydrogen) atoms.